The van der Waals surface area contributed by atoms with Crippen LogP contribution in [0.3, 0.4) is 0 Å². The van der Waals surface area contributed by atoms with Gasteiger partial charge in [-0.3, -0.25) is 0 Å². The summed E-state index contributed by atoms with van der Waals surface area (Å²) in [7, 11) is -4.23. The number of benzene rings is 12. The molecule has 6 nitrogen and oxygen atoms in total. The second-order valence-corrected chi connectivity index (χ2v) is 47.8. The summed E-state index contributed by atoms with van der Waals surface area (Å²) in [6.07, 6.45) is 0. The molecule has 4 heterocycles. The molecule has 0 bridgehead atoms. The van der Waals surface area contributed by atoms with Crippen LogP contribution in [0, 0.1) is 83.1 Å². The van der Waals surface area contributed by atoms with E-state index in [2.05, 4.69) is 430 Å². The topological polar surface area (TPSA) is 39.2 Å². The molecule has 0 N–H and O–H groups in total. The fourth-order valence-corrected chi connectivity index (χ4v) is 25.8. The molecule has 16 rings (SSSR count). The standard InChI is InChI=1S/C56H64N2OSi.C52H56N2OSi/c1-53(2,3)37-18-24-41(25-19-37)57(42-26-20-38(21-27-42)54(4,5)6)46-30-32-47-49(36-46)59-51-48-35-45(31-33-50(48)60(13,14)52(47)51)58(43-28-22-39(23-29-43)55(7,8)9)44-17-15-16-40(34-44)56(10,11)12;1-29-19-33(5)47(34(6)20-29)53(48-35(7)21-30(2)22-36(48)8)41-16-18-46-44(27-41)51-52(56(46,13)14)43-17-15-42(28-45(43)55-51)54(49-37(9)23-31(3)24-38(49)10)50-39(11)25-32(4)26-40(50)12/h15-36H,1-14H3;15-28H,1-14H3. The Labute approximate surface area is 694 Å². The summed E-state index contributed by atoms with van der Waals surface area (Å²) in [6, 6.07) is 82.9. The van der Waals surface area contributed by atoms with E-state index < -0.39 is 16.1 Å². The highest BCUT2D eigenvalue weighted by Crippen LogP contribution is 2.50. The van der Waals surface area contributed by atoms with Crippen molar-refractivity contribution in [1.82, 2.24) is 0 Å². The van der Waals surface area contributed by atoms with Crippen molar-refractivity contribution in [3.8, 4) is 22.6 Å². The van der Waals surface area contributed by atoms with E-state index in [0.717, 1.165) is 68.2 Å². The molecule has 14 aromatic rings. The van der Waals surface area contributed by atoms with Crippen LogP contribution in [0.1, 0.15) is 172 Å². The SMILES string of the molecule is CC(C)(C)c1ccc(N(c2cccc(C(C)(C)C)c2)c2ccc3c(c2)-c2oc4cc(N(c5ccc(C(C)(C)C)cc5)c5ccc(C(C)(C)C)cc5)ccc4c2[Si]3(C)C)cc1.Cc1cc(C)c(N(c2ccc3c(c2)-c2oc4cc(N(c5c(C)cc(C)cc5C)c5c(C)cc(C)cc5C)ccc4c2[Si]3(C)C)c2c(C)cc(C)cc2C)c(C)c1. The summed E-state index contributed by atoms with van der Waals surface area (Å²) in [5, 5.41) is 8.12. The van der Waals surface area contributed by atoms with Crippen molar-refractivity contribution in [1.29, 1.82) is 0 Å². The first kappa shape index (κ1) is 80.5. The predicted molar refractivity (Wildman–Crippen MR) is 507 cm³/mol. The van der Waals surface area contributed by atoms with Crippen molar-refractivity contribution < 1.29 is 8.83 Å². The minimum absolute atomic E-state index is 0.0225. The maximum atomic E-state index is 7.16. The fraction of sp³-hybridized carbons (Fsp3) is 0.296. The first-order chi connectivity index (χ1) is 54.5. The van der Waals surface area contributed by atoms with E-state index in [1.807, 2.05) is 0 Å². The Balaban J connectivity index is 0.000000183. The number of fused-ring (bicyclic) bond motifs is 10. The van der Waals surface area contributed by atoms with Gasteiger partial charge in [-0.05, 0) is 289 Å². The Bertz CT molecular complexity index is 5950. The van der Waals surface area contributed by atoms with Crippen LogP contribution < -0.4 is 40.3 Å². The molecule has 0 saturated carbocycles. The lowest BCUT2D eigenvalue weighted by Crippen LogP contribution is -2.49. The van der Waals surface area contributed by atoms with Crippen LogP contribution in [0.15, 0.2) is 227 Å². The van der Waals surface area contributed by atoms with Gasteiger partial charge >= 0.3 is 0 Å². The molecule has 12 aromatic carbocycles. The second kappa shape index (κ2) is 29.2. The van der Waals surface area contributed by atoms with Crippen molar-refractivity contribution in [3.63, 3.8) is 0 Å². The number of nitrogens with zero attached hydrogens (tertiary/aromatic N) is 4. The average molecular weight is 1560 g/mol. The van der Waals surface area contributed by atoms with E-state index in [4.69, 9.17) is 8.83 Å². The Kier molecular flexibility index (Phi) is 20.3. The third kappa shape index (κ3) is 14.5. The van der Waals surface area contributed by atoms with Crippen LogP contribution in [-0.4, -0.2) is 16.1 Å². The maximum absolute atomic E-state index is 7.16. The summed E-state index contributed by atoms with van der Waals surface area (Å²) < 4.78 is 14.3. The van der Waals surface area contributed by atoms with Crippen molar-refractivity contribution in [3.05, 3.63) is 307 Å². The van der Waals surface area contributed by atoms with E-state index in [9.17, 15) is 0 Å². The van der Waals surface area contributed by atoms with Crippen LogP contribution in [0.5, 0.6) is 0 Å². The van der Waals surface area contributed by atoms with E-state index >= 15 is 0 Å². The number of aryl methyl sites for hydroxylation is 12. The van der Waals surface area contributed by atoms with Crippen molar-refractivity contribution in [2.45, 2.75) is 214 Å². The zero-order valence-electron chi connectivity index (χ0n) is 74.4. The number of hydrogen-bond acceptors (Lipinski definition) is 6. The molecule has 0 radical (unpaired) electrons. The molecule has 2 aromatic heterocycles. The van der Waals surface area contributed by atoms with Crippen molar-refractivity contribution in [2.24, 2.45) is 0 Å². The molecule has 0 atom stereocenters. The van der Waals surface area contributed by atoms with Crippen LogP contribution in [0.2, 0.25) is 26.2 Å². The van der Waals surface area contributed by atoms with Gasteiger partial charge in [0.15, 0.2) is 0 Å². The van der Waals surface area contributed by atoms with Gasteiger partial charge in [0, 0.05) is 79.5 Å². The molecule has 116 heavy (non-hydrogen) atoms. The number of hydrogen-bond donors (Lipinski definition) is 0. The molecule has 2 aliphatic heterocycles. The Morgan fingerprint density at radius 2 is 0.491 bits per heavy atom. The second-order valence-electron chi connectivity index (χ2n) is 39.2. The van der Waals surface area contributed by atoms with Gasteiger partial charge in [-0.1, -0.05) is 241 Å². The van der Waals surface area contributed by atoms with Gasteiger partial charge in [0.1, 0.15) is 38.8 Å². The third-order valence-electron chi connectivity index (χ3n) is 24.9. The first-order valence-corrected chi connectivity index (χ1v) is 47.9. The maximum Gasteiger partial charge on any atom is 0.136 e. The highest BCUT2D eigenvalue weighted by atomic mass is 28.3. The molecule has 592 valence electrons. The molecule has 0 aliphatic carbocycles. The van der Waals surface area contributed by atoms with Gasteiger partial charge in [-0.15, -0.1) is 0 Å². The molecule has 0 spiro atoms. The first-order valence-electron chi connectivity index (χ1n) is 41.9. The zero-order valence-corrected chi connectivity index (χ0v) is 76.4. The minimum Gasteiger partial charge on any atom is -0.456 e. The summed E-state index contributed by atoms with van der Waals surface area (Å²) in [5.41, 5.74) is 39.1. The average Bonchev–Trinajstić information content (AvgIpc) is 1.55. The van der Waals surface area contributed by atoms with Crippen molar-refractivity contribution >= 4 is 127 Å². The number of furan rings is 2. The lowest BCUT2D eigenvalue weighted by molar-refractivity contribution is 0.590. The highest BCUT2D eigenvalue weighted by molar-refractivity contribution is 7.05. The van der Waals surface area contributed by atoms with Crippen molar-refractivity contribution in [2.75, 3.05) is 19.6 Å². The predicted octanol–water partition coefficient (Wildman–Crippen LogP) is 29.2. The normalized spacial score (nSPS) is 13.5. The van der Waals surface area contributed by atoms with Gasteiger partial charge in [0.2, 0.25) is 0 Å². The van der Waals surface area contributed by atoms with E-state index in [-0.39, 0.29) is 21.7 Å². The van der Waals surface area contributed by atoms with Gasteiger partial charge in [0.25, 0.3) is 0 Å². The molecule has 0 amide bonds. The lowest BCUT2D eigenvalue weighted by Gasteiger charge is -2.32. The van der Waals surface area contributed by atoms with Gasteiger partial charge in [-0.25, -0.2) is 0 Å². The zero-order chi connectivity index (χ0) is 83.3. The lowest BCUT2D eigenvalue weighted by atomic mass is 9.86. The largest absolute Gasteiger partial charge is 0.456 e. The van der Waals surface area contributed by atoms with E-state index in [0.29, 0.717) is 0 Å². The number of rotatable bonds is 12. The monoisotopic (exact) mass is 1560 g/mol. The Hall–Kier alpha value is -10.6. The van der Waals surface area contributed by atoms with E-state index in [1.165, 1.54) is 154 Å². The van der Waals surface area contributed by atoms with Gasteiger partial charge in [0.05, 0.1) is 22.7 Å². The van der Waals surface area contributed by atoms with E-state index in [1.54, 1.807) is 0 Å². The quantitative estimate of drug-likeness (QED) is 0.114. The van der Waals surface area contributed by atoms with Gasteiger partial charge in [-0.2, -0.15) is 0 Å². The smallest absolute Gasteiger partial charge is 0.136 e. The highest BCUT2D eigenvalue weighted by Gasteiger charge is 2.45. The summed E-state index contributed by atoms with van der Waals surface area (Å²) >= 11 is 0. The van der Waals surface area contributed by atoms with Gasteiger partial charge < -0.3 is 28.4 Å². The molecular weight excluding hydrogens is 1440 g/mol. The molecule has 8 heteroatoms. The molecule has 0 unspecified atom stereocenters. The van der Waals surface area contributed by atoms with Crippen LogP contribution >= 0.6 is 0 Å². The van der Waals surface area contributed by atoms with Crippen LogP contribution in [-0.2, 0) is 21.7 Å². The summed E-state index contributed by atoms with van der Waals surface area (Å²) in [4.78, 5) is 9.78. The van der Waals surface area contributed by atoms with Crippen LogP contribution in [0.4, 0.5) is 68.2 Å². The Morgan fingerprint density at radius 1 is 0.241 bits per heavy atom. The Morgan fingerprint density at radius 3 is 0.793 bits per heavy atom. The molecule has 0 fully saturated rings. The minimum atomic E-state index is -2.12. The number of anilines is 12. The molecule has 0 saturated heterocycles. The fourth-order valence-electron chi connectivity index (χ4n) is 19.3. The summed E-state index contributed by atoms with van der Waals surface area (Å²) in [5.74, 6) is 2.06. The summed E-state index contributed by atoms with van der Waals surface area (Å²) in [6.45, 7) is 64.0. The van der Waals surface area contributed by atoms with Crippen LogP contribution in [0.25, 0.3) is 44.6 Å². The molecule has 2 aliphatic rings. The third-order valence-corrected chi connectivity index (χ3v) is 31.9. The molecular formula is C108H120N4O2Si2.